The van der Waals surface area contributed by atoms with Crippen molar-refractivity contribution in [3.63, 3.8) is 0 Å². The summed E-state index contributed by atoms with van der Waals surface area (Å²) in [6, 6.07) is 0. The van der Waals surface area contributed by atoms with Crippen LogP contribution in [0.2, 0.25) is 0 Å². The molecule has 67 heavy (non-hydrogen) atoms. The average Bonchev–Trinajstić information content (AvgIpc) is 3.29. The van der Waals surface area contributed by atoms with E-state index in [4.69, 9.17) is 18.9 Å². The number of hydrogen-bond donors (Lipinski definition) is 0. The first-order valence-corrected chi connectivity index (χ1v) is 27.1. The summed E-state index contributed by atoms with van der Waals surface area (Å²) in [6.07, 6.45) is 59.3. The van der Waals surface area contributed by atoms with Gasteiger partial charge in [-0.15, -0.1) is 0 Å². The maximum atomic E-state index is 12.8. The minimum absolute atomic E-state index is 0.143. The topological polar surface area (TPSA) is 111 Å². The van der Waals surface area contributed by atoms with Crippen LogP contribution in [-0.2, 0) is 33.3 Å². The number of nitrogens with zero attached hydrogens (tertiary/aromatic N) is 1. The van der Waals surface area contributed by atoms with E-state index >= 15 is 0 Å². The fourth-order valence-electron chi connectivity index (χ4n) is 7.26. The Bertz CT molecular complexity index is 1330. The van der Waals surface area contributed by atoms with E-state index in [1.54, 1.807) is 0 Å². The van der Waals surface area contributed by atoms with Crippen LogP contribution in [0.5, 0.6) is 0 Å². The maximum Gasteiger partial charge on any atom is 0.306 e. The van der Waals surface area contributed by atoms with Gasteiger partial charge in [0.25, 0.3) is 0 Å². The number of carboxylic acid groups (broad SMARTS) is 1. The largest absolute Gasteiger partial charge is 0.545 e. The number of rotatable bonds is 49. The Labute approximate surface area is 411 Å². The van der Waals surface area contributed by atoms with Crippen molar-refractivity contribution in [2.45, 2.75) is 232 Å². The summed E-state index contributed by atoms with van der Waals surface area (Å²) in [5.74, 6) is -2.30. The Morgan fingerprint density at radius 1 is 0.463 bits per heavy atom. The second kappa shape index (κ2) is 49.2. The number of allylic oxidation sites excluding steroid dienone is 12. The number of carbonyl (C=O) groups is 3. The molecular formula is C58H101NO8. The average molecular weight is 940 g/mol. The molecule has 386 valence electrons. The van der Waals surface area contributed by atoms with Crippen LogP contribution in [0.15, 0.2) is 72.9 Å². The van der Waals surface area contributed by atoms with E-state index < -0.39 is 24.3 Å². The zero-order valence-corrected chi connectivity index (χ0v) is 43.8. The lowest BCUT2D eigenvalue weighted by molar-refractivity contribution is -0.870. The highest BCUT2D eigenvalue weighted by Gasteiger charge is 2.22. The molecule has 9 heteroatoms. The van der Waals surface area contributed by atoms with Gasteiger partial charge in [-0.1, -0.05) is 196 Å². The molecule has 0 saturated heterocycles. The van der Waals surface area contributed by atoms with Crippen LogP contribution < -0.4 is 5.11 Å². The second-order valence-corrected chi connectivity index (χ2v) is 19.1. The number of unbranched alkanes of at least 4 members (excludes halogenated alkanes) is 22. The first kappa shape index (κ1) is 63.7. The Hall–Kier alpha value is -3.27. The minimum atomic E-state index is -1.63. The van der Waals surface area contributed by atoms with Crippen LogP contribution in [0, 0.1) is 0 Å². The summed E-state index contributed by atoms with van der Waals surface area (Å²) < 4.78 is 22.7. The van der Waals surface area contributed by atoms with Crippen molar-refractivity contribution >= 4 is 17.9 Å². The number of hydrogen-bond acceptors (Lipinski definition) is 8. The van der Waals surface area contributed by atoms with E-state index in [1.165, 1.54) is 103 Å². The third kappa shape index (κ3) is 50.4. The van der Waals surface area contributed by atoms with Gasteiger partial charge in [0, 0.05) is 12.8 Å². The monoisotopic (exact) mass is 940 g/mol. The maximum absolute atomic E-state index is 12.8. The molecular weight excluding hydrogens is 839 g/mol. The second-order valence-electron chi connectivity index (χ2n) is 19.1. The van der Waals surface area contributed by atoms with Gasteiger partial charge in [0.2, 0.25) is 0 Å². The zero-order chi connectivity index (χ0) is 49.2. The molecule has 0 rings (SSSR count). The van der Waals surface area contributed by atoms with Crippen molar-refractivity contribution in [2.75, 3.05) is 47.5 Å². The van der Waals surface area contributed by atoms with Gasteiger partial charge in [-0.25, -0.2) is 0 Å². The molecule has 0 bridgehead atoms. The summed E-state index contributed by atoms with van der Waals surface area (Å²) in [5.41, 5.74) is 0. The summed E-state index contributed by atoms with van der Waals surface area (Å²) in [6.45, 7) is 4.60. The quantitative estimate of drug-likeness (QED) is 0.0195. The number of likely N-dealkylation sites (N-methyl/N-ethyl adjacent to an activating group) is 1. The zero-order valence-electron chi connectivity index (χ0n) is 43.8. The smallest absolute Gasteiger partial charge is 0.306 e. The normalized spacial score (nSPS) is 13.4. The number of aliphatic carboxylic acids is 1. The fraction of sp³-hybridized carbons (Fsp3) is 0.741. The first-order valence-electron chi connectivity index (χ1n) is 27.1. The highest BCUT2D eigenvalue weighted by atomic mass is 16.7. The Kier molecular flexibility index (Phi) is 46.8. The molecule has 0 saturated carbocycles. The predicted octanol–water partition coefficient (Wildman–Crippen LogP) is 14.1. The van der Waals surface area contributed by atoms with Crippen LogP contribution in [0.3, 0.4) is 0 Å². The van der Waals surface area contributed by atoms with Crippen LogP contribution in [0.1, 0.15) is 219 Å². The van der Waals surface area contributed by atoms with Gasteiger partial charge in [0.1, 0.15) is 13.2 Å². The number of quaternary nitrogens is 1. The van der Waals surface area contributed by atoms with E-state index in [1.807, 2.05) is 21.1 Å². The molecule has 0 aliphatic heterocycles. The van der Waals surface area contributed by atoms with Crippen LogP contribution in [0.4, 0.5) is 0 Å². The lowest BCUT2D eigenvalue weighted by Gasteiger charge is -2.26. The molecule has 2 atom stereocenters. The van der Waals surface area contributed by atoms with E-state index in [9.17, 15) is 19.5 Å². The van der Waals surface area contributed by atoms with Crippen LogP contribution in [-0.4, -0.2) is 82.3 Å². The molecule has 9 nitrogen and oxygen atoms in total. The minimum Gasteiger partial charge on any atom is -0.545 e. The predicted molar refractivity (Wildman–Crippen MR) is 278 cm³/mol. The SMILES string of the molecule is CC/C=C\C/C=C\C/C=C\C/C=C\CCCCCCCCCCCCCCC(=O)OC(COC(=O)CCCCCCCCC/C=C\C/C=C\CCCCC)COC(OCC[N+](C)(C)C)C(=O)[O-]. The number of carboxylic acids is 1. The summed E-state index contributed by atoms with van der Waals surface area (Å²) in [4.78, 5) is 37.2. The van der Waals surface area contributed by atoms with E-state index in [0.29, 0.717) is 17.4 Å². The molecule has 0 heterocycles. The summed E-state index contributed by atoms with van der Waals surface area (Å²) in [5, 5.41) is 11.8. The first-order chi connectivity index (χ1) is 32.6. The lowest BCUT2D eigenvalue weighted by Crippen LogP contribution is -2.44. The Morgan fingerprint density at radius 3 is 1.27 bits per heavy atom. The standard InChI is InChI=1S/C58H101NO8/c1-6-8-10-12-14-16-18-20-22-24-25-26-27-28-29-30-31-33-35-37-39-41-43-45-47-49-56(61)67-54(53-66-58(57(62)63)64-51-50-59(3,4)5)52-65-55(60)48-46-44-42-40-38-36-34-32-23-21-19-17-15-13-11-9-7-2/h8,10,14-17,20-23,25-26,54,58H,6-7,9,11-13,18-19,24,27-53H2,1-5H3/b10-8-,16-14-,17-15-,22-20-,23-21-,26-25-. The number of ether oxygens (including phenoxy) is 4. The molecule has 0 aromatic rings. The Morgan fingerprint density at radius 2 is 0.851 bits per heavy atom. The number of esters is 2. The van der Waals surface area contributed by atoms with Crippen LogP contribution in [0.25, 0.3) is 0 Å². The highest BCUT2D eigenvalue weighted by molar-refractivity contribution is 5.70. The van der Waals surface area contributed by atoms with Crippen molar-refractivity contribution < 1.29 is 42.9 Å². The molecule has 0 aliphatic rings. The lowest BCUT2D eigenvalue weighted by atomic mass is 10.0. The van der Waals surface area contributed by atoms with Crippen molar-refractivity contribution in [2.24, 2.45) is 0 Å². The molecule has 0 spiro atoms. The highest BCUT2D eigenvalue weighted by Crippen LogP contribution is 2.15. The Balaban J connectivity index is 4.29. The van der Waals surface area contributed by atoms with Crippen molar-refractivity contribution in [3.05, 3.63) is 72.9 Å². The summed E-state index contributed by atoms with van der Waals surface area (Å²) >= 11 is 0. The van der Waals surface area contributed by atoms with Gasteiger partial charge in [0.15, 0.2) is 12.4 Å². The summed E-state index contributed by atoms with van der Waals surface area (Å²) in [7, 11) is 5.91. The molecule has 0 aromatic heterocycles. The molecule has 0 amide bonds. The third-order valence-electron chi connectivity index (χ3n) is 11.4. The van der Waals surface area contributed by atoms with E-state index in [-0.39, 0.29) is 38.6 Å². The van der Waals surface area contributed by atoms with E-state index in [0.717, 1.165) is 83.5 Å². The van der Waals surface area contributed by atoms with Crippen molar-refractivity contribution in [1.29, 1.82) is 0 Å². The molecule has 0 fully saturated rings. The van der Waals surface area contributed by atoms with Crippen molar-refractivity contribution in [3.8, 4) is 0 Å². The third-order valence-corrected chi connectivity index (χ3v) is 11.4. The fourth-order valence-corrected chi connectivity index (χ4v) is 7.26. The molecule has 0 radical (unpaired) electrons. The molecule has 0 aliphatic carbocycles. The molecule has 0 aromatic carbocycles. The number of carbonyl (C=O) groups excluding carboxylic acids is 3. The van der Waals surface area contributed by atoms with Gasteiger partial charge in [0.05, 0.1) is 40.3 Å². The molecule has 0 N–H and O–H groups in total. The van der Waals surface area contributed by atoms with Crippen LogP contribution >= 0.6 is 0 Å². The van der Waals surface area contributed by atoms with Gasteiger partial charge in [-0.2, -0.15) is 0 Å². The van der Waals surface area contributed by atoms with Gasteiger partial charge < -0.3 is 33.3 Å². The van der Waals surface area contributed by atoms with E-state index in [2.05, 4.69) is 86.8 Å². The van der Waals surface area contributed by atoms with Gasteiger partial charge >= 0.3 is 11.9 Å². The van der Waals surface area contributed by atoms with Gasteiger partial charge in [-0.05, 0) is 83.5 Å². The van der Waals surface area contributed by atoms with Crippen molar-refractivity contribution in [1.82, 2.24) is 0 Å². The molecule has 2 unspecified atom stereocenters. The van der Waals surface area contributed by atoms with Gasteiger partial charge in [-0.3, -0.25) is 9.59 Å².